The molecule has 1 aromatic heterocycles. The van der Waals surface area contributed by atoms with Gasteiger partial charge in [-0.05, 0) is 48.7 Å². The minimum Gasteiger partial charge on any atom is -0.491 e. The van der Waals surface area contributed by atoms with Crippen molar-refractivity contribution >= 4 is 23.5 Å². The molecule has 5 heteroatoms. The SMILES string of the molecule is CCOc1cc(/C=C/C(=O)c2ccncc2CC)cc(Cl)c1OC. The highest BCUT2D eigenvalue weighted by molar-refractivity contribution is 6.32. The van der Waals surface area contributed by atoms with E-state index in [2.05, 4.69) is 4.98 Å². The van der Waals surface area contributed by atoms with E-state index in [1.807, 2.05) is 13.8 Å². The van der Waals surface area contributed by atoms with Gasteiger partial charge in [0, 0.05) is 18.0 Å². The van der Waals surface area contributed by atoms with Gasteiger partial charge in [-0.15, -0.1) is 0 Å². The first-order chi connectivity index (χ1) is 11.6. The summed E-state index contributed by atoms with van der Waals surface area (Å²) >= 11 is 6.22. The number of ether oxygens (including phenoxy) is 2. The fraction of sp³-hybridized carbons (Fsp3) is 0.263. The second-order valence-electron chi connectivity index (χ2n) is 5.05. The molecule has 0 N–H and O–H groups in total. The van der Waals surface area contributed by atoms with Crippen LogP contribution in [0.4, 0.5) is 0 Å². The van der Waals surface area contributed by atoms with Gasteiger partial charge in [-0.25, -0.2) is 0 Å². The molecule has 0 aliphatic rings. The number of hydrogen-bond donors (Lipinski definition) is 0. The zero-order chi connectivity index (χ0) is 17.5. The number of hydrogen-bond acceptors (Lipinski definition) is 4. The molecular formula is C19H20ClNO3. The van der Waals surface area contributed by atoms with Crippen molar-refractivity contribution < 1.29 is 14.3 Å². The van der Waals surface area contributed by atoms with Crippen molar-refractivity contribution in [3.63, 3.8) is 0 Å². The lowest BCUT2D eigenvalue weighted by Crippen LogP contribution is -2.00. The summed E-state index contributed by atoms with van der Waals surface area (Å²) in [6.07, 6.45) is 7.35. The molecule has 2 rings (SSSR count). The maximum absolute atomic E-state index is 12.4. The summed E-state index contributed by atoms with van der Waals surface area (Å²) in [6.45, 7) is 4.37. The van der Waals surface area contributed by atoms with Crippen LogP contribution in [0.5, 0.6) is 11.5 Å². The van der Waals surface area contributed by atoms with Gasteiger partial charge in [0.05, 0.1) is 18.7 Å². The topological polar surface area (TPSA) is 48.4 Å². The van der Waals surface area contributed by atoms with E-state index in [0.29, 0.717) is 28.7 Å². The Labute approximate surface area is 147 Å². The monoisotopic (exact) mass is 345 g/mol. The van der Waals surface area contributed by atoms with Gasteiger partial charge in [-0.1, -0.05) is 24.6 Å². The van der Waals surface area contributed by atoms with Crippen molar-refractivity contribution in [2.24, 2.45) is 0 Å². The number of pyridine rings is 1. The van der Waals surface area contributed by atoms with Crippen molar-refractivity contribution in [3.8, 4) is 11.5 Å². The molecule has 2 aromatic rings. The molecule has 0 saturated heterocycles. The van der Waals surface area contributed by atoms with Crippen LogP contribution in [0.3, 0.4) is 0 Å². The molecule has 0 radical (unpaired) electrons. The molecule has 0 amide bonds. The molecule has 0 aliphatic heterocycles. The number of nitrogens with zero attached hydrogens (tertiary/aromatic N) is 1. The first kappa shape index (κ1) is 18.0. The van der Waals surface area contributed by atoms with E-state index in [0.717, 1.165) is 17.5 Å². The summed E-state index contributed by atoms with van der Waals surface area (Å²) in [4.78, 5) is 16.5. The third-order valence-electron chi connectivity index (χ3n) is 3.51. The largest absolute Gasteiger partial charge is 0.491 e. The minimum absolute atomic E-state index is 0.0702. The van der Waals surface area contributed by atoms with Crippen LogP contribution in [0, 0.1) is 0 Å². The molecule has 4 nitrogen and oxygen atoms in total. The van der Waals surface area contributed by atoms with Gasteiger partial charge in [-0.2, -0.15) is 0 Å². The zero-order valence-electron chi connectivity index (χ0n) is 14.0. The predicted molar refractivity (Wildman–Crippen MR) is 96.2 cm³/mol. The van der Waals surface area contributed by atoms with Gasteiger partial charge in [0.1, 0.15) is 0 Å². The van der Waals surface area contributed by atoms with Crippen LogP contribution < -0.4 is 9.47 Å². The summed E-state index contributed by atoms with van der Waals surface area (Å²) in [5.74, 6) is 0.973. The van der Waals surface area contributed by atoms with Gasteiger partial charge in [0.15, 0.2) is 17.3 Å². The Bertz CT molecular complexity index is 756. The lowest BCUT2D eigenvalue weighted by molar-refractivity contribution is 0.104. The van der Waals surface area contributed by atoms with Crippen LogP contribution in [0.25, 0.3) is 6.08 Å². The number of carbonyl (C=O) groups is 1. The molecule has 1 aromatic carbocycles. The van der Waals surface area contributed by atoms with E-state index in [9.17, 15) is 4.79 Å². The maximum atomic E-state index is 12.4. The first-order valence-corrected chi connectivity index (χ1v) is 8.14. The fourth-order valence-corrected chi connectivity index (χ4v) is 2.65. The normalized spacial score (nSPS) is 10.8. The summed E-state index contributed by atoms with van der Waals surface area (Å²) in [5, 5.41) is 0.439. The summed E-state index contributed by atoms with van der Waals surface area (Å²) < 4.78 is 10.8. The van der Waals surface area contributed by atoms with Gasteiger partial charge in [-0.3, -0.25) is 9.78 Å². The summed E-state index contributed by atoms with van der Waals surface area (Å²) in [6, 6.07) is 5.27. The summed E-state index contributed by atoms with van der Waals surface area (Å²) in [5.41, 5.74) is 2.35. The van der Waals surface area contributed by atoms with Crippen molar-refractivity contribution in [2.45, 2.75) is 20.3 Å². The first-order valence-electron chi connectivity index (χ1n) is 7.76. The number of allylic oxidation sites excluding steroid dienone is 1. The molecule has 0 aliphatic carbocycles. The molecule has 0 bridgehead atoms. The molecular weight excluding hydrogens is 326 g/mol. The molecule has 0 unspecified atom stereocenters. The smallest absolute Gasteiger partial charge is 0.186 e. The molecule has 0 spiro atoms. The Kier molecular flexibility index (Phi) is 6.38. The van der Waals surface area contributed by atoms with Crippen molar-refractivity contribution in [1.82, 2.24) is 4.98 Å². The van der Waals surface area contributed by atoms with Gasteiger partial charge in [0.2, 0.25) is 0 Å². The van der Waals surface area contributed by atoms with E-state index in [1.165, 1.54) is 6.08 Å². The minimum atomic E-state index is -0.0702. The van der Waals surface area contributed by atoms with E-state index >= 15 is 0 Å². The number of benzene rings is 1. The Morgan fingerprint density at radius 2 is 2.12 bits per heavy atom. The Balaban J connectivity index is 2.30. The predicted octanol–water partition coefficient (Wildman–Crippen LogP) is 4.60. The number of aryl methyl sites for hydroxylation is 1. The van der Waals surface area contributed by atoms with Crippen molar-refractivity contribution in [1.29, 1.82) is 0 Å². The van der Waals surface area contributed by atoms with Gasteiger partial charge < -0.3 is 9.47 Å². The summed E-state index contributed by atoms with van der Waals surface area (Å²) in [7, 11) is 1.54. The van der Waals surface area contributed by atoms with E-state index in [4.69, 9.17) is 21.1 Å². The van der Waals surface area contributed by atoms with Crippen molar-refractivity contribution in [2.75, 3.05) is 13.7 Å². The average molecular weight is 346 g/mol. The number of carbonyl (C=O) groups excluding carboxylic acids is 1. The maximum Gasteiger partial charge on any atom is 0.186 e. The number of halogens is 1. The van der Waals surface area contributed by atoms with Crippen LogP contribution in [-0.4, -0.2) is 24.5 Å². The highest BCUT2D eigenvalue weighted by Gasteiger charge is 2.11. The molecule has 0 saturated carbocycles. The van der Waals surface area contributed by atoms with Gasteiger partial charge >= 0.3 is 0 Å². The Morgan fingerprint density at radius 1 is 1.33 bits per heavy atom. The molecule has 24 heavy (non-hydrogen) atoms. The van der Waals surface area contributed by atoms with E-state index < -0.39 is 0 Å². The van der Waals surface area contributed by atoms with Crippen LogP contribution in [0.1, 0.15) is 35.3 Å². The van der Waals surface area contributed by atoms with Gasteiger partial charge in [0.25, 0.3) is 0 Å². The van der Waals surface area contributed by atoms with Crippen molar-refractivity contribution in [3.05, 3.63) is 58.4 Å². The lowest BCUT2D eigenvalue weighted by atomic mass is 10.0. The van der Waals surface area contributed by atoms with E-state index in [-0.39, 0.29) is 5.78 Å². The average Bonchev–Trinajstić information content (AvgIpc) is 2.59. The Morgan fingerprint density at radius 3 is 2.79 bits per heavy atom. The van der Waals surface area contributed by atoms with E-state index in [1.54, 1.807) is 43.8 Å². The second kappa shape index (κ2) is 8.50. The van der Waals surface area contributed by atoms with Crippen LogP contribution >= 0.6 is 11.6 Å². The lowest BCUT2D eigenvalue weighted by Gasteiger charge is -2.11. The number of ketones is 1. The van der Waals surface area contributed by atoms with Crippen LogP contribution in [0.15, 0.2) is 36.7 Å². The highest BCUT2D eigenvalue weighted by atomic mass is 35.5. The third-order valence-corrected chi connectivity index (χ3v) is 3.79. The quantitative estimate of drug-likeness (QED) is 0.543. The highest BCUT2D eigenvalue weighted by Crippen LogP contribution is 2.36. The standard InChI is InChI=1S/C19H20ClNO3/c1-4-14-12-21-9-8-15(14)17(22)7-6-13-10-16(20)19(23-3)18(11-13)24-5-2/h6-12H,4-5H2,1-3H3/b7-6+. The molecule has 126 valence electrons. The third kappa shape index (κ3) is 4.15. The van der Waals surface area contributed by atoms with Crippen LogP contribution in [-0.2, 0) is 6.42 Å². The molecule has 0 fully saturated rings. The number of rotatable bonds is 7. The number of methoxy groups -OCH3 is 1. The fourth-order valence-electron chi connectivity index (χ4n) is 2.36. The Hall–Kier alpha value is -2.33. The molecule has 0 atom stereocenters. The molecule has 1 heterocycles. The number of aromatic nitrogens is 1. The second-order valence-corrected chi connectivity index (χ2v) is 5.46. The van der Waals surface area contributed by atoms with Crippen LogP contribution in [0.2, 0.25) is 5.02 Å². The zero-order valence-corrected chi connectivity index (χ0v) is 14.8.